The Labute approximate surface area is 185 Å². The molecule has 1 amide bonds. The number of hydrogen-bond donors (Lipinski definition) is 1. The first-order valence-electron chi connectivity index (χ1n) is 11.5. The second-order valence-electron chi connectivity index (χ2n) is 9.09. The van der Waals surface area contributed by atoms with Gasteiger partial charge in [0.25, 0.3) is 0 Å². The SMILES string of the molecule is O=C([C@H]1C[C@@H](S(=O)(=O)c2cccc(CO)c2)CN(C2CCCCC2)C1)N1CCOCC1. The number of morpholine rings is 1. The van der Waals surface area contributed by atoms with Crippen molar-refractivity contribution < 1.29 is 23.1 Å². The maximum absolute atomic E-state index is 13.6. The van der Waals surface area contributed by atoms with Gasteiger partial charge in [-0.1, -0.05) is 31.4 Å². The molecule has 1 N–H and O–H groups in total. The van der Waals surface area contributed by atoms with Gasteiger partial charge in [-0.05, 0) is 37.0 Å². The van der Waals surface area contributed by atoms with Crippen molar-refractivity contribution in [2.45, 2.75) is 61.3 Å². The number of likely N-dealkylation sites (tertiary alicyclic amines) is 1. The number of piperidine rings is 1. The zero-order valence-corrected chi connectivity index (χ0v) is 18.9. The molecule has 8 heteroatoms. The second-order valence-corrected chi connectivity index (χ2v) is 11.3. The quantitative estimate of drug-likeness (QED) is 0.737. The first-order chi connectivity index (χ1) is 15.0. The van der Waals surface area contributed by atoms with Crippen molar-refractivity contribution in [2.24, 2.45) is 5.92 Å². The maximum Gasteiger partial charge on any atom is 0.227 e. The van der Waals surface area contributed by atoms with E-state index in [1.54, 1.807) is 24.3 Å². The Balaban J connectivity index is 1.59. The minimum absolute atomic E-state index is 0.0631. The van der Waals surface area contributed by atoms with E-state index in [0.717, 1.165) is 12.8 Å². The molecule has 0 radical (unpaired) electrons. The van der Waals surface area contributed by atoms with Crippen LogP contribution in [0.1, 0.15) is 44.1 Å². The molecule has 31 heavy (non-hydrogen) atoms. The lowest BCUT2D eigenvalue weighted by molar-refractivity contribution is -0.141. The molecule has 1 saturated carbocycles. The van der Waals surface area contributed by atoms with Gasteiger partial charge < -0.3 is 14.7 Å². The molecule has 0 aromatic heterocycles. The van der Waals surface area contributed by atoms with Gasteiger partial charge in [-0.2, -0.15) is 0 Å². The number of amides is 1. The molecule has 3 fully saturated rings. The Bertz CT molecular complexity index is 862. The predicted molar refractivity (Wildman–Crippen MR) is 117 cm³/mol. The summed E-state index contributed by atoms with van der Waals surface area (Å²) in [6.07, 6.45) is 6.07. The van der Waals surface area contributed by atoms with E-state index in [1.807, 2.05) is 4.90 Å². The summed E-state index contributed by atoms with van der Waals surface area (Å²) in [5.74, 6) is -0.248. The molecule has 2 saturated heterocycles. The minimum atomic E-state index is -3.61. The van der Waals surface area contributed by atoms with Crippen LogP contribution in [0.25, 0.3) is 0 Å². The van der Waals surface area contributed by atoms with E-state index < -0.39 is 15.1 Å². The van der Waals surface area contributed by atoms with Gasteiger partial charge in [-0.3, -0.25) is 9.69 Å². The number of aliphatic hydroxyl groups excluding tert-OH is 1. The number of nitrogens with zero attached hydrogens (tertiary/aromatic N) is 2. The van der Waals surface area contributed by atoms with Crippen LogP contribution >= 0.6 is 0 Å². The van der Waals surface area contributed by atoms with Crippen molar-refractivity contribution in [3.63, 3.8) is 0 Å². The number of carbonyl (C=O) groups excluding carboxylic acids is 1. The van der Waals surface area contributed by atoms with E-state index in [4.69, 9.17) is 4.74 Å². The lowest BCUT2D eigenvalue weighted by Gasteiger charge is -2.43. The summed E-state index contributed by atoms with van der Waals surface area (Å²) >= 11 is 0. The zero-order valence-electron chi connectivity index (χ0n) is 18.1. The molecule has 2 heterocycles. The van der Waals surface area contributed by atoms with Crippen LogP contribution in [0.15, 0.2) is 29.2 Å². The summed E-state index contributed by atoms with van der Waals surface area (Å²) < 4.78 is 32.5. The molecule has 7 nitrogen and oxygen atoms in total. The second kappa shape index (κ2) is 9.98. The fourth-order valence-corrected chi connectivity index (χ4v) is 7.13. The van der Waals surface area contributed by atoms with Crippen molar-refractivity contribution in [3.05, 3.63) is 29.8 Å². The van der Waals surface area contributed by atoms with Crippen molar-refractivity contribution in [2.75, 3.05) is 39.4 Å². The van der Waals surface area contributed by atoms with Crippen LogP contribution in [0.4, 0.5) is 0 Å². The highest BCUT2D eigenvalue weighted by atomic mass is 32.2. The van der Waals surface area contributed by atoms with Crippen LogP contribution in [0.5, 0.6) is 0 Å². The van der Waals surface area contributed by atoms with Crippen LogP contribution in [0.2, 0.25) is 0 Å². The van der Waals surface area contributed by atoms with Crippen molar-refractivity contribution in [1.29, 1.82) is 0 Å². The summed E-state index contributed by atoms with van der Waals surface area (Å²) in [4.78, 5) is 17.7. The summed E-state index contributed by atoms with van der Waals surface area (Å²) in [6, 6.07) is 6.92. The maximum atomic E-state index is 13.6. The number of benzene rings is 1. The van der Waals surface area contributed by atoms with Gasteiger partial charge in [-0.15, -0.1) is 0 Å². The highest BCUT2D eigenvalue weighted by Gasteiger charge is 2.42. The number of carbonyl (C=O) groups is 1. The average Bonchev–Trinajstić information content (AvgIpc) is 2.84. The summed E-state index contributed by atoms with van der Waals surface area (Å²) in [7, 11) is -3.61. The van der Waals surface area contributed by atoms with E-state index in [2.05, 4.69) is 4.90 Å². The van der Waals surface area contributed by atoms with Gasteiger partial charge in [0, 0.05) is 32.2 Å². The Morgan fingerprint density at radius 2 is 1.84 bits per heavy atom. The van der Waals surface area contributed by atoms with Gasteiger partial charge in [-0.25, -0.2) is 8.42 Å². The first kappa shape index (κ1) is 22.7. The molecule has 1 aliphatic carbocycles. The third-order valence-electron chi connectivity index (χ3n) is 7.05. The van der Waals surface area contributed by atoms with Crippen molar-refractivity contribution in [1.82, 2.24) is 9.80 Å². The Hall–Kier alpha value is -1.48. The highest BCUT2D eigenvalue weighted by molar-refractivity contribution is 7.92. The van der Waals surface area contributed by atoms with Gasteiger partial charge >= 0.3 is 0 Å². The zero-order chi connectivity index (χ0) is 21.8. The monoisotopic (exact) mass is 450 g/mol. The van der Waals surface area contributed by atoms with E-state index in [9.17, 15) is 18.3 Å². The summed E-state index contributed by atoms with van der Waals surface area (Å²) in [5, 5.41) is 8.83. The van der Waals surface area contributed by atoms with Gasteiger partial charge in [0.15, 0.2) is 9.84 Å². The van der Waals surface area contributed by atoms with Crippen LogP contribution in [0.3, 0.4) is 0 Å². The Morgan fingerprint density at radius 1 is 1.10 bits per heavy atom. The first-order valence-corrected chi connectivity index (χ1v) is 13.1. The van der Waals surface area contributed by atoms with Crippen molar-refractivity contribution in [3.8, 4) is 0 Å². The van der Waals surface area contributed by atoms with Gasteiger partial charge in [0.05, 0.1) is 35.9 Å². The van der Waals surface area contributed by atoms with Crippen LogP contribution in [0, 0.1) is 5.92 Å². The van der Waals surface area contributed by atoms with Crippen LogP contribution in [-0.4, -0.2) is 79.9 Å². The number of sulfone groups is 1. The smallest absolute Gasteiger partial charge is 0.227 e. The Kier molecular flexibility index (Phi) is 7.31. The van der Waals surface area contributed by atoms with Gasteiger partial charge in [0.2, 0.25) is 5.91 Å². The number of rotatable bonds is 5. The summed E-state index contributed by atoms with van der Waals surface area (Å²) in [5.41, 5.74) is 0.585. The lowest BCUT2D eigenvalue weighted by atomic mass is 9.89. The highest BCUT2D eigenvalue weighted by Crippen LogP contribution is 2.33. The third kappa shape index (κ3) is 5.13. The molecule has 1 aromatic carbocycles. The molecule has 0 spiro atoms. The van der Waals surface area contributed by atoms with Crippen molar-refractivity contribution >= 4 is 15.7 Å². The van der Waals surface area contributed by atoms with E-state index in [0.29, 0.717) is 57.4 Å². The fourth-order valence-electron chi connectivity index (χ4n) is 5.29. The summed E-state index contributed by atoms with van der Waals surface area (Å²) in [6.45, 7) is 3.16. The minimum Gasteiger partial charge on any atom is -0.392 e. The molecule has 0 bridgehead atoms. The molecular formula is C23H34N2O5S. The molecule has 4 rings (SSSR count). The molecule has 1 aromatic rings. The van der Waals surface area contributed by atoms with Crippen LogP contribution < -0.4 is 0 Å². The molecule has 0 unspecified atom stereocenters. The van der Waals surface area contributed by atoms with E-state index in [1.165, 1.54) is 19.3 Å². The third-order valence-corrected chi connectivity index (χ3v) is 9.18. The number of aliphatic hydroxyl groups is 1. The molecule has 2 aliphatic heterocycles. The number of hydrogen-bond acceptors (Lipinski definition) is 6. The molecule has 3 aliphatic rings. The molecule has 2 atom stereocenters. The van der Waals surface area contributed by atoms with E-state index >= 15 is 0 Å². The van der Waals surface area contributed by atoms with Gasteiger partial charge in [0.1, 0.15) is 0 Å². The van der Waals surface area contributed by atoms with E-state index in [-0.39, 0.29) is 23.3 Å². The molecular weight excluding hydrogens is 416 g/mol. The normalized spacial score (nSPS) is 26.7. The predicted octanol–water partition coefficient (Wildman–Crippen LogP) is 1.83. The molecule has 172 valence electrons. The number of ether oxygens (including phenoxy) is 1. The lowest BCUT2D eigenvalue weighted by Crippen LogP contribution is -2.55. The average molecular weight is 451 g/mol. The largest absolute Gasteiger partial charge is 0.392 e. The standard InChI is InChI=1S/C23H34N2O5S/c26-17-18-5-4-8-21(13-18)31(28,29)22-14-19(23(27)24-9-11-30-12-10-24)15-25(16-22)20-6-2-1-3-7-20/h4-5,8,13,19-20,22,26H,1-3,6-7,9-12,14-17H2/t19-,22+/m0/s1. The topological polar surface area (TPSA) is 87.1 Å². The van der Waals surface area contributed by atoms with Crippen LogP contribution in [-0.2, 0) is 26.0 Å². The fraction of sp³-hybridized carbons (Fsp3) is 0.696. The Morgan fingerprint density at radius 3 is 2.55 bits per heavy atom.